The number of hydrogen-bond acceptors (Lipinski definition) is 7. The molecule has 0 fully saturated rings. The summed E-state index contributed by atoms with van der Waals surface area (Å²) in [4.78, 5) is 21.6. The Labute approximate surface area is 183 Å². The van der Waals surface area contributed by atoms with Crippen molar-refractivity contribution in [2.24, 2.45) is 0 Å². The lowest BCUT2D eigenvalue weighted by Crippen LogP contribution is -2.25. The normalized spacial score (nSPS) is 11.5. The number of hydroxylamine groups is 1. The van der Waals surface area contributed by atoms with Crippen molar-refractivity contribution in [3.8, 4) is 17.0 Å². The summed E-state index contributed by atoms with van der Waals surface area (Å²) in [5, 5.41) is 5.36. The molecule has 0 radical (unpaired) electrons. The molecule has 0 aliphatic rings. The Hall–Kier alpha value is -2.50. The Kier molecular flexibility index (Phi) is 6.74. The van der Waals surface area contributed by atoms with Gasteiger partial charge in [0.1, 0.15) is 5.75 Å². The van der Waals surface area contributed by atoms with E-state index in [1.807, 2.05) is 6.07 Å². The van der Waals surface area contributed by atoms with Gasteiger partial charge in [0.25, 0.3) is 15.9 Å². The van der Waals surface area contributed by atoms with Crippen LogP contribution in [-0.4, -0.2) is 45.0 Å². The number of anilines is 1. The topological polar surface area (TPSA) is 97.8 Å². The lowest BCUT2D eigenvalue weighted by atomic mass is 10.2. The number of amides is 1. The lowest BCUT2D eigenvalue weighted by Gasteiger charge is -2.14. The molecule has 3 aromatic rings. The number of aromatic nitrogens is 1. The van der Waals surface area contributed by atoms with Gasteiger partial charge >= 0.3 is 0 Å². The fourth-order valence-electron chi connectivity index (χ4n) is 2.48. The van der Waals surface area contributed by atoms with Crippen LogP contribution in [0.1, 0.15) is 10.4 Å². The Morgan fingerprint density at radius 3 is 2.47 bits per heavy atom. The zero-order chi connectivity index (χ0) is 21.9. The van der Waals surface area contributed by atoms with Crippen LogP contribution in [0.15, 0.2) is 52.7 Å². The molecule has 11 heteroatoms. The fraction of sp³-hybridized carbons (Fsp3) is 0.158. The average molecular weight is 468 g/mol. The van der Waals surface area contributed by atoms with E-state index in [9.17, 15) is 13.2 Å². The van der Waals surface area contributed by atoms with E-state index in [2.05, 4.69) is 10.3 Å². The molecule has 0 unspecified atom stereocenters. The number of carbonyl (C=O) groups is 1. The molecule has 1 aromatic heterocycles. The maximum atomic E-state index is 12.5. The first kappa shape index (κ1) is 22.2. The fourth-order valence-corrected chi connectivity index (χ4v) is 4.43. The highest BCUT2D eigenvalue weighted by molar-refractivity contribution is 7.89. The molecule has 1 heterocycles. The lowest BCUT2D eigenvalue weighted by molar-refractivity contribution is -0.0258. The number of halogens is 1. The SMILES string of the molecule is COc1ccc(-c2csc(NC(=O)c3ccc(S(=O)(=O)N(C)OC)cc3)n2)cc1Cl. The van der Waals surface area contributed by atoms with Gasteiger partial charge in [-0.15, -0.1) is 11.3 Å². The second-order valence-electron chi connectivity index (χ2n) is 5.96. The third kappa shape index (κ3) is 4.63. The minimum Gasteiger partial charge on any atom is -0.495 e. The van der Waals surface area contributed by atoms with Crippen molar-refractivity contribution >= 4 is 44.0 Å². The third-order valence-corrected chi connectivity index (χ3v) is 6.93. The molecule has 0 saturated heterocycles. The molecule has 0 aliphatic heterocycles. The summed E-state index contributed by atoms with van der Waals surface area (Å²) in [6.45, 7) is 0. The summed E-state index contributed by atoms with van der Waals surface area (Å²) in [7, 11) is 0.295. The standard InChI is InChI=1S/C19H18ClN3O5S2/c1-23(28-3)30(25,26)14-7-4-12(5-8-14)18(24)22-19-21-16(11-29-19)13-6-9-17(27-2)15(20)10-13/h4-11H,1-3H3,(H,21,22,24). The molecule has 0 atom stereocenters. The monoisotopic (exact) mass is 467 g/mol. The van der Waals surface area contributed by atoms with Crippen LogP contribution >= 0.6 is 22.9 Å². The van der Waals surface area contributed by atoms with Crippen molar-refractivity contribution in [2.75, 3.05) is 26.6 Å². The number of sulfonamides is 1. The predicted octanol–water partition coefficient (Wildman–Crippen LogP) is 3.91. The average Bonchev–Trinajstić information content (AvgIpc) is 3.21. The highest BCUT2D eigenvalue weighted by atomic mass is 35.5. The van der Waals surface area contributed by atoms with E-state index in [-0.39, 0.29) is 4.90 Å². The molecule has 1 N–H and O–H groups in total. The summed E-state index contributed by atoms with van der Waals surface area (Å²) < 4.78 is 30.3. The van der Waals surface area contributed by atoms with Crippen molar-refractivity contribution in [1.29, 1.82) is 0 Å². The van der Waals surface area contributed by atoms with Gasteiger partial charge in [-0.05, 0) is 42.5 Å². The van der Waals surface area contributed by atoms with E-state index in [1.165, 1.54) is 56.9 Å². The second-order valence-corrected chi connectivity index (χ2v) is 9.16. The van der Waals surface area contributed by atoms with Gasteiger partial charge in [-0.25, -0.2) is 13.4 Å². The van der Waals surface area contributed by atoms with Gasteiger partial charge in [0, 0.05) is 23.6 Å². The van der Waals surface area contributed by atoms with Crippen LogP contribution in [0.5, 0.6) is 5.75 Å². The maximum Gasteiger partial charge on any atom is 0.264 e. The van der Waals surface area contributed by atoms with Gasteiger partial charge in [-0.1, -0.05) is 16.1 Å². The number of nitrogens with one attached hydrogen (secondary N) is 1. The summed E-state index contributed by atoms with van der Waals surface area (Å²) in [5.74, 6) is 0.152. The Morgan fingerprint density at radius 2 is 1.87 bits per heavy atom. The van der Waals surface area contributed by atoms with Crippen molar-refractivity contribution in [1.82, 2.24) is 9.45 Å². The second kappa shape index (κ2) is 9.11. The van der Waals surface area contributed by atoms with Gasteiger partial charge in [0.2, 0.25) is 0 Å². The van der Waals surface area contributed by atoms with Gasteiger partial charge in [0.05, 0.1) is 29.8 Å². The number of thiazole rings is 1. The van der Waals surface area contributed by atoms with E-state index in [4.69, 9.17) is 21.2 Å². The van der Waals surface area contributed by atoms with Crippen LogP contribution in [-0.2, 0) is 14.9 Å². The molecule has 0 bridgehead atoms. The van der Waals surface area contributed by atoms with Crippen molar-refractivity contribution in [3.05, 3.63) is 58.4 Å². The van der Waals surface area contributed by atoms with Crippen LogP contribution in [0.2, 0.25) is 5.02 Å². The van der Waals surface area contributed by atoms with E-state index in [0.717, 1.165) is 10.0 Å². The van der Waals surface area contributed by atoms with E-state index < -0.39 is 15.9 Å². The van der Waals surface area contributed by atoms with Crippen LogP contribution in [0, 0.1) is 0 Å². The summed E-state index contributed by atoms with van der Waals surface area (Å²) in [6, 6.07) is 10.8. The van der Waals surface area contributed by atoms with Gasteiger partial charge < -0.3 is 4.74 Å². The first-order chi connectivity index (χ1) is 14.3. The first-order valence-corrected chi connectivity index (χ1v) is 11.2. The summed E-state index contributed by atoms with van der Waals surface area (Å²) >= 11 is 7.41. The molecule has 2 aromatic carbocycles. The summed E-state index contributed by atoms with van der Waals surface area (Å²) in [6.07, 6.45) is 0. The molecular weight excluding hydrogens is 450 g/mol. The smallest absolute Gasteiger partial charge is 0.264 e. The van der Waals surface area contributed by atoms with Crippen LogP contribution in [0.4, 0.5) is 5.13 Å². The van der Waals surface area contributed by atoms with Crippen molar-refractivity contribution in [3.63, 3.8) is 0 Å². The molecule has 3 rings (SSSR count). The largest absolute Gasteiger partial charge is 0.495 e. The first-order valence-electron chi connectivity index (χ1n) is 8.50. The number of rotatable bonds is 7. The highest BCUT2D eigenvalue weighted by Gasteiger charge is 2.21. The molecule has 30 heavy (non-hydrogen) atoms. The van der Waals surface area contributed by atoms with Crippen LogP contribution in [0.25, 0.3) is 11.3 Å². The molecular formula is C19H18ClN3O5S2. The minimum atomic E-state index is -3.78. The number of hydrogen-bond donors (Lipinski definition) is 1. The Morgan fingerprint density at radius 1 is 1.17 bits per heavy atom. The predicted molar refractivity (Wildman–Crippen MR) is 115 cm³/mol. The molecule has 158 valence electrons. The van der Waals surface area contributed by atoms with Crippen molar-refractivity contribution in [2.45, 2.75) is 4.90 Å². The van der Waals surface area contributed by atoms with E-state index in [1.54, 1.807) is 17.5 Å². The molecule has 8 nitrogen and oxygen atoms in total. The Bertz CT molecular complexity index is 1160. The molecule has 0 saturated carbocycles. The van der Waals surface area contributed by atoms with Crippen molar-refractivity contribution < 1.29 is 22.8 Å². The highest BCUT2D eigenvalue weighted by Crippen LogP contribution is 2.31. The Balaban J connectivity index is 1.73. The molecule has 0 aliphatic carbocycles. The van der Waals surface area contributed by atoms with Gasteiger partial charge in [-0.3, -0.25) is 14.9 Å². The molecule has 0 spiro atoms. The number of nitrogens with zero attached hydrogens (tertiary/aromatic N) is 2. The number of ether oxygens (including phenoxy) is 1. The number of methoxy groups -OCH3 is 1. The zero-order valence-electron chi connectivity index (χ0n) is 16.2. The van der Waals surface area contributed by atoms with Gasteiger partial charge in [-0.2, -0.15) is 0 Å². The van der Waals surface area contributed by atoms with E-state index in [0.29, 0.717) is 27.2 Å². The maximum absolute atomic E-state index is 12.5. The van der Waals surface area contributed by atoms with Gasteiger partial charge in [0.15, 0.2) is 5.13 Å². The quantitative estimate of drug-likeness (QED) is 0.529. The number of carbonyl (C=O) groups excluding carboxylic acids is 1. The zero-order valence-corrected chi connectivity index (χ0v) is 18.6. The third-order valence-electron chi connectivity index (χ3n) is 4.18. The van der Waals surface area contributed by atoms with Crippen LogP contribution in [0.3, 0.4) is 0 Å². The summed E-state index contributed by atoms with van der Waals surface area (Å²) in [5.41, 5.74) is 1.73. The minimum absolute atomic E-state index is 0.0105. The van der Waals surface area contributed by atoms with E-state index >= 15 is 0 Å². The van der Waals surface area contributed by atoms with Crippen LogP contribution < -0.4 is 10.1 Å². The number of benzene rings is 2. The molecule has 1 amide bonds.